The average Bonchev–Trinajstić information content (AvgIpc) is 3.39. The van der Waals surface area contributed by atoms with Gasteiger partial charge in [-0.25, -0.2) is 0 Å². The van der Waals surface area contributed by atoms with Crippen LogP contribution < -0.4 is 0 Å². The van der Waals surface area contributed by atoms with Crippen molar-refractivity contribution in [2.75, 3.05) is 0 Å². The third-order valence-corrected chi connectivity index (χ3v) is 35.2. The van der Waals surface area contributed by atoms with Crippen molar-refractivity contribution in [2.45, 2.75) is 351 Å². The van der Waals surface area contributed by atoms with Gasteiger partial charge < -0.3 is 0 Å². The molecule has 0 aliphatic heterocycles. The normalized spacial score (nSPS) is 53.4. The van der Waals surface area contributed by atoms with E-state index in [1.807, 2.05) is 0 Å². The molecule has 0 aromatic rings. The van der Waals surface area contributed by atoms with Crippen molar-refractivity contribution in [3.63, 3.8) is 0 Å². The summed E-state index contributed by atoms with van der Waals surface area (Å²) in [7, 11) is 0. The molecular formula is C82H140N2. The maximum absolute atomic E-state index is 3.51. The molecule has 0 bridgehead atoms. The predicted octanol–water partition coefficient (Wildman–Crippen LogP) is 22.3. The molecule has 14 aliphatic carbocycles. The van der Waals surface area contributed by atoms with E-state index < -0.39 is 0 Å². The zero-order valence-electron chi connectivity index (χ0n) is 58.3. The Bertz CT molecular complexity index is 1950. The molecule has 14 rings (SSSR count). The Balaban J connectivity index is 0.701. The van der Waals surface area contributed by atoms with Crippen LogP contribution in [0.25, 0.3) is 0 Å². The van der Waals surface area contributed by atoms with E-state index in [1.165, 1.54) is 103 Å². The predicted molar refractivity (Wildman–Crippen MR) is 356 cm³/mol. The molecule has 30 unspecified atom stereocenters. The fourth-order valence-corrected chi connectivity index (χ4v) is 30.7. The van der Waals surface area contributed by atoms with Crippen LogP contribution in [0.15, 0.2) is 0 Å². The summed E-state index contributed by atoms with van der Waals surface area (Å²) in [5, 5.41) is 0. The molecule has 2 nitrogen and oxygen atoms in total. The highest BCUT2D eigenvalue weighted by molar-refractivity contribution is 5.14. The molecule has 30 atom stereocenters. The van der Waals surface area contributed by atoms with E-state index in [1.54, 1.807) is 116 Å². The van der Waals surface area contributed by atoms with Crippen molar-refractivity contribution in [1.82, 2.24) is 9.80 Å². The first-order chi connectivity index (χ1) is 40.3. The van der Waals surface area contributed by atoms with Gasteiger partial charge in [0.25, 0.3) is 0 Å². The Hall–Kier alpha value is -0.0800. The lowest BCUT2D eigenvalue weighted by molar-refractivity contribution is -0.0657. The van der Waals surface area contributed by atoms with E-state index in [-0.39, 0.29) is 0 Å². The molecule has 0 spiro atoms. The Morgan fingerprint density at radius 1 is 0.250 bits per heavy atom. The van der Waals surface area contributed by atoms with E-state index in [4.69, 9.17) is 0 Å². The molecule has 14 aliphatic rings. The maximum atomic E-state index is 3.51. The molecule has 14 fully saturated rings. The zero-order valence-corrected chi connectivity index (χ0v) is 58.3. The molecule has 0 N–H and O–H groups in total. The zero-order chi connectivity index (χ0) is 58.5. The summed E-state index contributed by atoms with van der Waals surface area (Å²) in [6, 6.07) is 4.97. The quantitative estimate of drug-likeness (QED) is 0.203. The lowest BCUT2D eigenvalue weighted by atomic mass is 9.63. The summed E-state index contributed by atoms with van der Waals surface area (Å²) < 4.78 is 0. The molecule has 2 heteroatoms. The molecule has 0 aromatic carbocycles. The van der Waals surface area contributed by atoms with E-state index in [2.05, 4.69) is 107 Å². The summed E-state index contributed by atoms with van der Waals surface area (Å²) in [5.74, 6) is 23.6. The summed E-state index contributed by atoms with van der Waals surface area (Å²) in [4.78, 5) is 7.03. The Kier molecular flexibility index (Phi) is 17.2. The lowest BCUT2D eigenvalue weighted by Gasteiger charge is -2.56. The van der Waals surface area contributed by atoms with Crippen molar-refractivity contribution < 1.29 is 0 Å². The van der Waals surface area contributed by atoms with Gasteiger partial charge in [0.1, 0.15) is 0 Å². The minimum Gasteiger partial charge on any atom is -0.294 e. The second kappa shape index (κ2) is 23.5. The number of hydrogen-bond acceptors (Lipinski definition) is 2. The third-order valence-electron chi connectivity index (χ3n) is 35.2. The van der Waals surface area contributed by atoms with Crippen LogP contribution in [0.5, 0.6) is 0 Å². The molecule has 84 heavy (non-hydrogen) atoms. The topological polar surface area (TPSA) is 6.48 Å². The first-order valence-corrected chi connectivity index (χ1v) is 39.8. The summed E-state index contributed by atoms with van der Waals surface area (Å²) in [6.07, 6.45) is 52.0. The van der Waals surface area contributed by atoms with E-state index in [0.717, 1.165) is 178 Å². The molecular weight excluding hydrogens is 1010 g/mol. The number of fused-ring (bicyclic) bond motifs is 12. The van der Waals surface area contributed by atoms with Gasteiger partial charge in [-0.15, -0.1) is 0 Å². The van der Waals surface area contributed by atoms with Crippen LogP contribution >= 0.6 is 0 Å². The first kappa shape index (κ1) is 61.4. The van der Waals surface area contributed by atoms with Crippen LogP contribution in [-0.2, 0) is 0 Å². The smallest absolute Gasteiger partial charge is 0.0127 e. The minimum absolute atomic E-state index is 0.519. The molecule has 0 saturated heterocycles. The monoisotopic (exact) mass is 1150 g/mol. The molecule has 0 heterocycles. The average molecular weight is 1150 g/mol. The van der Waals surface area contributed by atoms with Gasteiger partial charge in [-0.3, -0.25) is 9.80 Å². The van der Waals surface area contributed by atoms with Crippen molar-refractivity contribution in [3.05, 3.63) is 0 Å². The molecule has 0 aromatic heterocycles. The molecule has 14 saturated carbocycles. The number of rotatable bonds is 11. The van der Waals surface area contributed by atoms with Crippen molar-refractivity contribution in [2.24, 2.45) is 164 Å². The standard InChI is InChI=1S/C82H140N2/c1-15-51-19-29-61-65-33-25-57(45-73(65)79(7,8)69(61)41-51)83(58-26-34-66-62-30-20-52(16-2)42-70(62)80(9,10)74(66)46-58)77-37-23-55(39-49(77)5)56-24-38-78(50(6)40-56)84(59-27-35-67-63-31-21-53(17-3)43-71(63)81(11,12)75(67)47-59)60-28-36-68-64-32-22-54(18-4)44-72(64)82(13,14)76(68)48-60/h49-78H,15-48H2,1-14H3. The van der Waals surface area contributed by atoms with E-state index >= 15 is 0 Å². The van der Waals surface area contributed by atoms with Gasteiger partial charge in [-0.05, 0) is 331 Å². The molecule has 478 valence electrons. The second-order valence-electron chi connectivity index (χ2n) is 38.8. The van der Waals surface area contributed by atoms with Gasteiger partial charge in [-0.2, -0.15) is 0 Å². The summed E-state index contributed by atoms with van der Waals surface area (Å²) in [6.45, 7) is 38.3. The maximum Gasteiger partial charge on any atom is 0.0127 e. The SMILES string of the molecule is CCC1CCC2C3CCC(N(C4CCC5C6CCC(CC)CC6C(C)(C)C5C4)C4CCC(C5CCC(N(C6CCC7C8CCC(CC)CC8C(C)(C)C7C6)C6CCC7C8CCC(CC)CC8C(C)(C)C7C6)C(C)C5)CC4C)CC3C(C)(C)C2C1. The van der Waals surface area contributed by atoms with Crippen molar-refractivity contribution in [1.29, 1.82) is 0 Å². The largest absolute Gasteiger partial charge is 0.294 e. The van der Waals surface area contributed by atoms with Gasteiger partial charge in [-0.1, -0.05) is 148 Å². The van der Waals surface area contributed by atoms with E-state index in [9.17, 15) is 0 Å². The number of nitrogens with zero attached hydrogens (tertiary/aromatic N) is 2. The highest BCUT2D eigenvalue weighted by Crippen LogP contribution is 2.70. The fourth-order valence-electron chi connectivity index (χ4n) is 30.7. The second-order valence-corrected chi connectivity index (χ2v) is 38.8. The van der Waals surface area contributed by atoms with Crippen molar-refractivity contribution >= 4 is 0 Å². The summed E-state index contributed by atoms with van der Waals surface area (Å²) in [5.41, 5.74) is 2.08. The van der Waals surface area contributed by atoms with Crippen LogP contribution in [0.2, 0.25) is 0 Å². The van der Waals surface area contributed by atoms with Crippen LogP contribution in [0, 0.1) is 164 Å². The van der Waals surface area contributed by atoms with Gasteiger partial charge in [0, 0.05) is 36.3 Å². The Morgan fingerprint density at radius 2 is 0.464 bits per heavy atom. The highest BCUT2D eigenvalue weighted by atomic mass is 15.2. The van der Waals surface area contributed by atoms with Crippen LogP contribution in [-0.4, -0.2) is 46.1 Å². The highest BCUT2D eigenvalue weighted by Gasteiger charge is 2.64. The van der Waals surface area contributed by atoms with Gasteiger partial charge in [0.2, 0.25) is 0 Å². The molecule has 0 radical (unpaired) electrons. The van der Waals surface area contributed by atoms with E-state index in [0.29, 0.717) is 21.7 Å². The van der Waals surface area contributed by atoms with Crippen LogP contribution in [0.3, 0.4) is 0 Å². The minimum atomic E-state index is 0.519. The molecule has 0 amide bonds. The van der Waals surface area contributed by atoms with Crippen LogP contribution in [0.4, 0.5) is 0 Å². The lowest BCUT2D eigenvalue weighted by Crippen LogP contribution is -2.58. The van der Waals surface area contributed by atoms with Crippen LogP contribution in [0.1, 0.15) is 315 Å². The van der Waals surface area contributed by atoms with Crippen molar-refractivity contribution in [3.8, 4) is 0 Å². The summed E-state index contributed by atoms with van der Waals surface area (Å²) >= 11 is 0. The fraction of sp³-hybridized carbons (Fsp3) is 1.00. The van der Waals surface area contributed by atoms with Gasteiger partial charge in [0.05, 0.1) is 0 Å². The third kappa shape index (κ3) is 10.1. The Labute approximate surface area is 522 Å². The van der Waals surface area contributed by atoms with Gasteiger partial charge in [0.15, 0.2) is 0 Å². The van der Waals surface area contributed by atoms with Gasteiger partial charge >= 0.3 is 0 Å². The number of hydrogen-bond donors (Lipinski definition) is 0. The first-order valence-electron chi connectivity index (χ1n) is 39.8. The Morgan fingerprint density at radius 3 is 0.679 bits per heavy atom.